The van der Waals surface area contributed by atoms with E-state index in [0.29, 0.717) is 13.0 Å². The monoisotopic (exact) mass is 294 g/mol. The van der Waals surface area contributed by atoms with Crippen molar-refractivity contribution in [1.29, 1.82) is 0 Å². The van der Waals surface area contributed by atoms with Crippen molar-refractivity contribution in [2.45, 2.75) is 33.2 Å². The Morgan fingerprint density at radius 3 is 2.48 bits per heavy atom. The molecule has 1 unspecified atom stereocenters. The van der Waals surface area contributed by atoms with E-state index in [1.54, 1.807) is 14.0 Å². The first-order valence-corrected chi connectivity index (χ1v) is 7.41. The van der Waals surface area contributed by atoms with Gasteiger partial charge in [-0.1, -0.05) is 6.07 Å². The number of rotatable bonds is 8. The smallest absolute Gasteiger partial charge is 0.323 e. The lowest BCUT2D eigenvalue weighted by atomic mass is 10.0. The predicted molar refractivity (Wildman–Crippen MR) is 84.9 cm³/mol. The van der Waals surface area contributed by atoms with Crippen LogP contribution < -0.4 is 15.4 Å². The molecular formula is C16H26N2O3. The van der Waals surface area contributed by atoms with Crippen LogP contribution in [0.2, 0.25) is 0 Å². The van der Waals surface area contributed by atoms with Gasteiger partial charge in [0, 0.05) is 31.3 Å². The molecule has 1 aromatic rings. The van der Waals surface area contributed by atoms with Gasteiger partial charge in [0.05, 0.1) is 13.7 Å². The molecular weight excluding hydrogens is 268 g/mol. The Labute approximate surface area is 127 Å². The highest BCUT2D eigenvalue weighted by Crippen LogP contribution is 2.26. The Morgan fingerprint density at radius 1 is 1.29 bits per heavy atom. The standard InChI is InChI=1S/C16H26N2O3/c1-5-18(6-2)13-9-8-12(15(11-13)20-4)10-14(17)16(19)21-7-3/h8-9,11,14H,5-7,10,17H2,1-4H3. The minimum Gasteiger partial charge on any atom is -0.496 e. The number of methoxy groups -OCH3 is 1. The molecule has 0 bridgehead atoms. The third kappa shape index (κ3) is 4.63. The maximum atomic E-state index is 11.6. The Kier molecular flexibility index (Phi) is 7.02. The molecule has 0 radical (unpaired) electrons. The van der Waals surface area contributed by atoms with E-state index in [1.807, 2.05) is 18.2 Å². The summed E-state index contributed by atoms with van der Waals surface area (Å²) in [6, 6.07) is 5.31. The Morgan fingerprint density at radius 2 is 1.95 bits per heavy atom. The molecule has 1 rings (SSSR count). The molecule has 5 nitrogen and oxygen atoms in total. The third-order valence-corrected chi connectivity index (χ3v) is 3.43. The summed E-state index contributed by atoms with van der Waals surface area (Å²) in [6.07, 6.45) is 0.403. The normalized spacial score (nSPS) is 11.9. The number of carbonyl (C=O) groups excluding carboxylic acids is 1. The number of hydrogen-bond donors (Lipinski definition) is 1. The minimum absolute atomic E-state index is 0.338. The van der Waals surface area contributed by atoms with Crippen LogP contribution >= 0.6 is 0 Å². The second-order valence-electron chi connectivity index (χ2n) is 4.73. The summed E-state index contributed by atoms with van der Waals surface area (Å²) in [4.78, 5) is 13.9. The van der Waals surface area contributed by atoms with Crippen LogP contribution in [0.5, 0.6) is 5.75 Å². The van der Waals surface area contributed by atoms with Gasteiger partial charge in [-0.3, -0.25) is 4.79 Å². The molecule has 0 saturated heterocycles. The minimum atomic E-state index is -0.668. The molecule has 1 atom stereocenters. The Balaban J connectivity index is 2.91. The van der Waals surface area contributed by atoms with Crippen LogP contribution in [0.25, 0.3) is 0 Å². The lowest BCUT2D eigenvalue weighted by Crippen LogP contribution is -2.34. The van der Waals surface area contributed by atoms with Crippen LogP contribution in [0.1, 0.15) is 26.3 Å². The first kappa shape index (κ1) is 17.3. The van der Waals surface area contributed by atoms with Gasteiger partial charge in [-0.15, -0.1) is 0 Å². The van der Waals surface area contributed by atoms with Crippen molar-refractivity contribution in [1.82, 2.24) is 0 Å². The Hall–Kier alpha value is -1.75. The van der Waals surface area contributed by atoms with Crippen LogP contribution in [-0.2, 0) is 16.0 Å². The zero-order valence-corrected chi connectivity index (χ0v) is 13.4. The van der Waals surface area contributed by atoms with Gasteiger partial charge in [0.25, 0.3) is 0 Å². The van der Waals surface area contributed by atoms with Crippen molar-refractivity contribution in [3.05, 3.63) is 23.8 Å². The van der Waals surface area contributed by atoms with Gasteiger partial charge < -0.3 is 20.1 Å². The van der Waals surface area contributed by atoms with Crippen molar-refractivity contribution in [2.24, 2.45) is 5.73 Å². The second-order valence-corrected chi connectivity index (χ2v) is 4.73. The molecule has 0 aliphatic carbocycles. The first-order valence-electron chi connectivity index (χ1n) is 7.41. The number of carbonyl (C=O) groups is 1. The topological polar surface area (TPSA) is 64.8 Å². The number of benzene rings is 1. The van der Waals surface area contributed by atoms with E-state index in [9.17, 15) is 4.79 Å². The van der Waals surface area contributed by atoms with E-state index < -0.39 is 6.04 Å². The summed E-state index contributed by atoms with van der Waals surface area (Å²) in [7, 11) is 1.63. The molecule has 0 aromatic heterocycles. The average molecular weight is 294 g/mol. The maximum Gasteiger partial charge on any atom is 0.323 e. The number of esters is 1. The fourth-order valence-corrected chi connectivity index (χ4v) is 2.26. The lowest BCUT2D eigenvalue weighted by Gasteiger charge is -2.22. The molecule has 118 valence electrons. The van der Waals surface area contributed by atoms with Gasteiger partial charge in [-0.25, -0.2) is 0 Å². The summed E-state index contributed by atoms with van der Waals surface area (Å²) in [5.74, 6) is 0.367. The van der Waals surface area contributed by atoms with E-state index >= 15 is 0 Å². The van der Waals surface area contributed by atoms with Crippen molar-refractivity contribution in [3.63, 3.8) is 0 Å². The third-order valence-electron chi connectivity index (χ3n) is 3.43. The SMILES string of the molecule is CCOC(=O)C(N)Cc1ccc(N(CC)CC)cc1OC. The molecule has 0 saturated carbocycles. The van der Waals surface area contributed by atoms with Crippen LogP contribution in [0.15, 0.2) is 18.2 Å². The largest absolute Gasteiger partial charge is 0.496 e. The number of nitrogens with zero attached hydrogens (tertiary/aromatic N) is 1. The van der Waals surface area contributed by atoms with Gasteiger partial charge in [0.15, 0.2) is 0 Å². The van der Waals surface area contributed by atoms with Crippen LogP contribution in [-0.4, -0.2) is 38.8 Å². The van der Waals surface area contributed by atoms with Gasteiger partial charge in [-0.05, 0) is 32.4 Å². The van der Waals surface area contributed by atoms with E-state index in [0.717, 1.165) is 30.1 Å². The predicted octanol–water partition coefficient (Wildman–Crippen LogP) is 1.97. The second kappa shape index (κ2) is 8.52. The van der Waals surface area contributed by atoms with Crippen LogP contribution in [0.4, 0.5) is 5.69 Å². The fourth-order valence-electron chi connectivity index (χ4n) is 2.26. The van der Waals surface area contributed by atoms with E-state index in [1.165, 1.54) is 0 Å². The number of anilines is 1. The first-order chi connectivity index (χ1) is 10.1. The average Bonchev–Trinajstić information content (AvgIpc) is 2.49. The summed E-state index contributed by atoms with van der Waals surface area (Å²) in [5.41, 5.74) is 7.88. The van der Waals surface area contributed by atoms with Gasteiger partial charge in [-0.2, -0.15) is 0 Å². The molecule has 5 heteroatoms. The summed E-state index contributed by atoms with van der Waals surface area (Å²) in [5, 5.41) is 0. The van der Waals surface area contributed by atoms with Gasteiger partial charge in [0.2, 0.25) is 0 Å². The molecule has 0 heterocycles. The zero-order valence-electron chi connectivity index (χ0n) is 13.4. The highest BCUT2D eigenvalue weighted by molar-refractivity contribution is 5.76. The molecule has 2 N–H and O–H groups in total. The zero-order chi connectivity index (χ0) is 15.8. The highest BCUT2D eigenvalue weighted by Gasteiger charge is 2.18. The van der Waals surface area contributed by atoms with E-state index in [4.69, 9.17) is 15.2 Å². The number of hydrogen-bond acceptors (Lipinski definition) is 5. The van der Waals surface area contributed by atoms with Crippen molar-refractivity contribution >= 4 is 11.7 Å². The van der Waals surface area contributed by atoms with Crippen LogP contribution in [0.3, 0.4) is 0 Å². The summed E-state index contributed by atoms with van der Waals surface area (Å²) >= 11 is 0. The summed E-state index contributed by atoms with van der Waals surface area (Å²) < 4.78 is 10.4. The Bertz CT molecular complexity index is 459. The maximum absolute atomic E-state index is 11.6. The number of ether oxygens (including phenoxy) is 2. The molecule has 0 spiro atoms. The lowest BCUT2D eigenvalue weighted by molar-refractivity contribution is -0.144. The quantitative estimate of drug-likeness (QED) is 0.743. The van der Waals surface area contributed by atoms with Gasteiger partial charge in [0.1, 0.15) is 11.8 Å². The molecule has 0 aliphatic rings. The van der Waals surface area contributed by atoms with Crippen molar-refractivity contribution in [2.75, 3.05) is 31.7 Å². The van der Waals surface area contributed by atoms with Crippen LogP contribution in [0, 0.1) is 0 Å². The van der Waals surface area contributed by atoms with E-state index in [2.05, 4.69) is 18.7 Å². The van der Waals surface area contributed by atoms with Gasteiger partial charge >= 0.3 is 5.97 Å². The highest BCUT2D eigenvalue weighted by atomic mass is 16.5. The fraction of sp³-hybridized carbons (Fsp3) is 0.562. The molecule has 0 fully saturated rings. The van der Waals surface area contributed by atoms with E-state index in [-0.39, 0.29) is 5.97 Å². The molecule has 1 aromatic carbocycles. The summed E-state index contributed by atoms with van der Waals surface area (Å²) in [6.45, 7) is 8.19. The van der Waals surface area contributed by atoms with Crippen molar-refractivity contribution in [3.8, 4) is 5.75 Å². The molecule has 0 amide bonds. The molecule has 0 aliphatic heterocycles. The number of nitrogens with two attached hydrogens (primary N) is 1. The van der Waals surface area contributed by atoms with Crippen molar-refractivity contribution < 1.29 is 14.3 Å². The molecule has 21 heavy (non-hydrogen) atoms.